The molecule has 1 heterocycles. The average Bonchev–Trinajstić information content (AvgIpc) is 3.13. The molecule has 2 atom stereocenters. The summed E-state index contributed by atoms with van der Waals surface area (Å²) in [6.07, 6.45) is 8.21. The van der Waals surface area contributed by atoms with E-state index in [1.165, 1.54) is 18.8 Å². The van der Waals surface area contributed by atoms with Gasteiger partial charge in [-0.3, -0.25) is 4.57 Å². The predicted octanol–water partition coefficient (Wildman–Crippen LogP) is 3.24. The van der Waals surface area contributed by atoms with Gasteiger partial charge in [0.15, 0.2) is 5.96 Å². The van der Waals surface area contributed by atoms with Crippen LogP contribution in [-0.4, -0.2) is 39.6 Å². The Morgan fingerprint density at radius 3 is 2.91 bits per heavy atom. The van der Waals surface area contributed by atoms with Gasteiger partial charge >= 0.3 is 6.55 Å². The van der Waals surface area contributed by atoms with Crippen LogP contribution >= 0.6 is 35.7 Å². The average molecular weight is 459 g/mol. The molecule has 0 radical (unpaired) electrons. The fraction of sp³-hybridized carbons (Fsp3) is 0.714. The molecule has 2 N–H and O–H groups in total. The first kappa shape index (κ1) is 20.5. The third kappa shape index (κ3) is 6.09. The summed E-state index contributed by atoms with van der Waals surface area (Å²) in [6, 6.07) is 0.394. The Morgan fingerprint density at radius 1 is 1.52 bits per heavy atom. The van der Waals surface area contributed by atoms with Gasteiger partial charge in [0.05, 0.1) is 0 Å². The SMILES string of the molecule is CCNC(=NCc1nccn1C(F)F)NC1CCC(SC)C1.I. The standard InChI is InChI=1S/C14H23F2N5S.HI/c1-3-17-14(20-10-4-5-11(8-10)22-2)19-9-12-18-6-7-21(12)13(15)16;/h6-7,10-11,13H,3-5,8-9H2,1-2H3,(H2,17,19,20);1H. The summed E-state index contributed by atoms with van der Waals surface area (Å²) in [5, 5.41) is 7.25. The molecule has 0 saturated heterocycles. The fourth-order valence-corrected chi connectivity index (χ4v) is 3.39. The van der Waals surface area contributed by atoms with Gasteiger partial charge in [-0.05, 0) is 32.4 Å². The van der Waals surface area contributed by atoms with Gasteiger partial charge in [0.25, 0.3) is 0 Å². The molecule has 2 rings (SSSR count). The second kappa shape index (κ2) is 10.3. The van der Waals surface area contributed by atoms with E-state index in [9.17, 15) is 8.78 Å². The van der Waals surface area contributed by atoms with Crippen LogP contribution in [0.3, 0.4) is 0 Å². The van der Waals surface area contributed by atoms with Crippen molar-refractivity contribution in [3.8, 4) is 0 Å². The number of aliphatic imine (C=N–C) groups is 1. The van der Waals surface area contributed by atoms with Crippen molar-refractivity contribution in [3.63, 3.8) is 0 Å². The zero-order valence-electron chi connectivity index (χ0n) is 13.3. The predicted molar refractivity (Wildman–Crippen MR) is 102 cm³/mol. The van der Waals surface area contributed by atoms with Gasteiger partial charge in [0, 0.05) is 30.2 Å². The van der Waals surface area contributed by atoms with Crippen LogP contribution in [0.4, 0.5) is 8.78 Å². The molecule has 2 unspecified atom stereocenters. The number of hydrogen-bond donors (Lipinski definition) is 2. The number of hydrogen-bond acceptors (Lipinski definition) is 3. The van der Waals surface area contributed by atoms with Crippen molar-refractivity contribution >= 4 is 41.7 Å². The summed E-state index contributed by atoms with van der Waals surface area (Å²) in [5.41, 5.74) is 0. The van der Waals surface area contributed by atoms with E-state index in [4.69, 9.17) is 0 Å². The zero-order chi connectivity index (χ0) is 15.9. The molecule has 23 heavy (non-hydrogen) atoms. The van der Waals surface area contributed by atoms with E-state index in [1.54, 1.807) is 0 Å². The first-order valence-corrected chi connectivity index (χ1v) is 8.80. The van der Waals surface area contributed by atoms with E-state index >= 15 is 0 Å². The van der Waals surface area contributed by atoms with Gasteiger partial charge in [-0.2, -0.15) is 20.5 Å². The van der Waals surface area contributed by atoms with E-state index in [2.05, 4.69) is 26.9 Å². The Morgan fingerprint density at radius 2 is 2.30 bits per heavy atom. The molecule has 5 nitrogen and oxygen atoms in total. The number of nitrogens with zero attached hydrogens (tertiary/aromatic N) is 3. The number of imidazole rings is 1. The zero-order valence-corrected chi connectivity index (χ0v) is 16.5. The number of guanidine groups is 1. The molecule has 132 valence electrons. The summed E-state index contributed by atoms with van der Waals surface area (Å²) >= 11 is 1.90. The maximum Gasteiger partial charge on any atom is 0.319 e. The molecule has 1 aromatic rings. The van der Waals surface area contributed by atoms with Gasteiger partial charge in [-0.25, -0.2) is 9.98 Å². The molecule has 0 aromatic carbocycles. The topological polar surface area (TPSA) is 54.2 Å². The van der Waals surface area contributed by atoms with Crippen LogP contribution in [0.5, 0.6) is 0 Å². The Hall–Kier alpha value is -0.580. The molecule has 0 bridgehead atoms. The van der Waals surface area contributed by atoms with Crippen LogP contribution in [0.2, 0.25) is 0 Å². The second-order valence-electron chi connectivity index (χ2n) is 5.24. The molecule has 0 spiro atoms. The van der Waals surface area contributed by atoms with Crippen molar-refractivity contribution in [2.45, 2.75) is 50.6 Å². The summed E-state index contributed by atoms with van der Waals surface area (Å²) in [5.74, 6) is 0.929. The molecule has 1 aliphatic carbocycles. The van der Waals surface area contributed by atoms with Crippen molar-refractivity contribution < 1.29 is 8.78 Å². The highest BCUT2D eigenvalue weighted by Crippen LogP contribution is 2.28. The monoisotopic (exact) mass is 459 g/mol. The molecule has 1 fully saturated rings. The van der Waals surface area contributed by atoms with Crippen LogP contribution in [0, 0.1) is 0 Å². The number of halogens is 3. The minimum atomic E-state index is -2.58. The summed E-state index contributed by atoms with van der Waals surface area (Å²) in [4.78, 5) is 8.33. The van der Waals surface area contributed by atoms with E-state index in [1.807, 2.05) is 18.7 Å². The number of nitrogens with one attached hydrogen (secondary N) is 2. The van der Waals surface area contributed by atoms with Gasteiger partial charge in [-0.1, -0.05) is 0 Å². The number of aromatic nitrogens is 2. The van der Waals surface area contributed by atoms with Gasteiger partial charge in [-0.15, -0.1) is 24.0 Å². The molecule has 9 heteroatoms. The van der Waals surface area contributed by atoms with Gasteiger partial charge < -0.3 is 10.6 Å². The summed E-state index contributed by atoms with van der Waals surface area (Å²) in [7, 11) is 0. The van der Waals surface area contributed by atoms with Crippen LogP contribution < -0.4 is 10.6 Å². The normalized spacial score (nSPS) is 21.3. The largest absolute Gasteiger partial charge is 0.357 e. The Bertz CT molecular complexity index is 497. The Labute approximate surface area is 157 Å². The van der Waals surface area contributed by atoms with E-state index < -0.39 is 6.55 Å². The van der Waals surface area contributed by atoms with Crippen molar-refractivity contribution in [2.75, 3.05) is 12.8 Å². The summed E-state index contributed by atoms with van der Waals surface area (Å²) in [6.45, 7) is 0.260. The van der Waals surface area contributed by atoms with Crippen LogP contribution in [0.15, 0.2) is 17.4 Å². The first-order valence-electron chi connectivity index (χ1n) is 7.51. The smallest absolute Gasteiger partial charge is 0.319 e. The van der Waals surface area contributed by atoms with Crippen LogP contribution in [-0.2, 0) is 6.54 Å². The molecule has 0 aliphatic heterocycles. The van der Waals surface area contributed by atoms with Crippen molar-refractivity contribution in [1.82, 2.24) is 20.2 Å². The van der Waals surface area contributed by atoms with Crippen molar-refractivity contribution in [1.29, 1.82) is 0 Å². The molecule has 1 saturated carbocycles. The van der Waals surface area contributed by atoms with Gasteiger partial charge in [0.1, 0.15) is 12.4 Å². The van der Waals surface area contributed by atoms with Crippen molar-refractivity contribution in [2.24, 2.45) is 4.99 Å². The summed E-state index contributed by atoms with van der Waals surface area (Å²) < 4.78 is 26.4. The second-order valence-corrected chi connectivity index (χ2v) is 6.37. The van der Waals surface area contributed by atoms with Gasteiger partial charge in [0.2, 0.25) is 0 Å². The fourth-order valence-electron chi connectivity index (χ4n) is 2.59. The highest BCUT2D eigenvalue weighted by atomic mass is 127. The number of rotatable bonds is 6. The van der Waals surface area contributed by atoms with E-state index in [0.29, 0.717) is 17.3 Å². The molecule has 0 amide bonds. The highest BCUT2D eigenvalue weighted by molar-refractivity contribution is 14.0. The quantitative estimate of drug-likeness (QED) is 0.390. The Kier molecular flexibility index (Phi) is 9.18. The van der Waals surface area contributed by atoms with E-state index in [-0.39, 0.29) is 36.3 Å². The Balaban J connectivity index is 0.00000264. The lowest BCUT2D eigenvalue weighted by Gasteiger charge is -2.17. The van der Waals surface area contributed by atoms with E-state index in [0.717, 1.165) is 24.0 Å². The maximum atomic E-state index is 12.8. The molecule has 1 aromatic heterocycles. The molecule has 1 aliphatic rings. The molecular weight excluding hydrogens is 435 g/mol. The lowest BCUT2D eigenvalue weighted by atomic mass is 10.2. The highest BCUT2D eigenvalue weighted by Gasteiger charge is 2.24. The number of alkyl halides is 2. The van der Waals surface area contributed by atoms with Crippen molar-refractivity contribution in [3.05, 3.63) is 18.2 Å². The lowest BCUT2D eigenvalue weighted by molar-refractivity contribution is 0.0671. The minimum absolute atomic E-state index is 0. The first-order chi connectivity index (χ1) is 10.6. The third-order valence-electron chi connectivity index (χ3n) is 3.74. The molecular formula is C14H24F2IN5S. The third-order valence-corrected chi connectivity index (χ3v) is 4.84. The number of thioether (sulfide) groups is 1. The van der Waals surface area contributed by atoms with Crippen LogP contribution in [0.25, 0.3) is 0 Å². The minimum Gasteiger partial charge on any atom is -0.357 e. The lowest BCUT2D eigenvalue weighted by Crippen LogP contribution is -2.42. The maximum absolute atomic E-state index is 12.8. The van der Waals surface area contributed by atoms with Crippen LogP contribution in [0.1, 0.15) is 38.6 Å².